The van der Waals surface area contributed by atoms with Crippen LogP contribution in [0, 0.1) is 10.1 Å². The van der Waals surface area contributed by atoms with Crippen molar-refractivity contribution < 1.29 is 4.92 Å². The third-order valence-corrected chi connectivity index (χ3v) is 4.48. The number of halogens is 1. The van der Waals surface area contributed by atoms with Gasteiger partial charge in [0, 0.05) is 39.4 Å². The standard InChI is InChI=1S/C13H13BrN2O2S/c1-9(15-7-13-6-11(14)8-19-13)10-3-2-4-12(5-10)16(17)18/h2-6,8-9,15H,7H2,1H3. The minimum absolute atomic E-state index is 0.0702. The third kappa shape index (κ3) is 3.86. The fourth-order valence-electron chi connectivity index (χ4n) is 1.73. The van der Waals surface area contributed by atoms with E-state index in [1.165, 1.54) is 10.9 Å². The molecule has 1 heterocycles. The predicted octanol–water partition coefficient (Wildman–Crippen LogP) is 4.27. The summed E-state index contributed by atoms with van der Waals surface area (Å²) in [7, 11) is 0. The zero-order valence-electron chi connectivity index (χ0n) is 10.3. The molecule has 1 unspecified atom stereocenters. The highest BCUT2D eigenvalue weighted by atomic mass is 79.9. The van der Waals surface area contributed by atoms with E-state index in [9.17, 15) is 10.1 Å². The van der Waals surface area contributed by atoms with Crippen LogP contribution in [0.15, 0.2) is 40.2 Å². The molecular formula is C13H13BrN2O2S. The van der Waals surface area contributed by atoms with Crippen molar-refractivity contribution in [3.63, 3.8) is 0 Å². The number of nitro groups is 1. The summed E-state index contributed by atoms with van der Waals surface area (Å²) in [5.74, 6) is 0. The average molecular weight is 341 g/mol. The topological polar surface area (TPSA) is 55.2 Å². The van der Waals surface area contributed by atoms with E-state index in [1.807, 2.05) is 18.4 Å². The molecule has 0 saturated heterocycles. The van der Waals surface area contributed by atoms with Crippen LogP contribution in [0.25, 0.3) is 0 Å². The summed E-state index contributed by atoms with van der Waals surface area (Å²) in [6.07, 6.45) is 0. The summed E-state index contributed by atoms with van der Waals surface area (Å²) in [4.78, 5) is 11.6. The minimum Gasteiger partial charge on any atom is -0.305 e. The predicted molar refractivity (Wildman–Crippen MR) is 80.4 cm³/mol. The number of nitro benzene ring substituents is 1. The number of benzene rings is 1. The Morgan fingerprint density at radius 1 is 1.47 bits per heavy atom. The number of rotatable bonds is 5. The highest BCUT2D eigenvalue weighted by Gasteiger charge is 2.10. The van der Waals surface area contributed by atoms with Crippen LogP contribution in [-0.2, 0) is 6.54 Å². The molecule has 0 fully saturated rings. The van der Waals surface area contributed by atoms with Gasteiger partial charge in [0.15, 0.2) is 0 Å². The molecule has 6 heteroatoms. The minimum atomic E-state index is -0.368. The van der Waals surface area contributed by atoms with Crippen LogP contribution < -0.4 is 5.32 Å². The van der Waals surface area contributed by atoms with Gasteiger partial charge in [-0.25, -0.2) is 0 Å². The second-order valence-electron chi connectivity index (χ2n) is 4.19. The number of nitrogens with one attached hydrogen (secondary N) is 1. The third-order valence-electron chi connectivity index (χ3n) is 2.79. The number of nitrogens with zero attached hydrogens (tertiary/aromatic N) is 1. The van der Waals surface area contributed by atoms with Crippen LogP contribution in [0.2, 0.25) is 0 Å². The van der Waals surface area contributed by atoms with Crippen LogP contribution in [0.3, 0.4) is 0 Å². The molecule has 0 radical (unpaired) electrons. The molecule has 1 atom stereocenters. The van der Waals surface area contributed by atoms with E-state index in [0.29, 0.717) is 0 Å². The molecule has 0 bridgehead atoms. The Kier molecular flexibility index (Phi) is 4.68. The molecule has 100 valence electrons. The van der Waals surface area contributed by atoms with Gasteiger partial charge < -0.3 is 5.32 Å². The first-order chi connectivity index (χ1) is 9.06. The Balaban J connectivity index is 2.01. The summed E-state index contributed by atoms with van der Waals surface area (Å²) < 4.78 is 1.08. The largest absolute Gasteiger partial charge is 0.305 e. The molecule has 1 aromatic heterocycles. The first-order valence-electron chi connectivity index (χ1n) is 5.77. The molecule has 1 aromatic carbocycles. The van der Waals surface area contributed by atoms with Crippen molar-refractivity contribution in [1.82, 2.24) is 5.32 Å². The molecule has 0 aliphatic carbocycles. The van der Waals surface area contributed by atoms with E-state index in [-0.39, 0.29) is 16.7 Å². The zero-order chi connectivity index (χ0) is 13.8. The molecule has 1 N–H and O–H groups in total. The lowest BCUT2D eigenvalue weighted by Gasteiger charge is -2.13. The van der Waals surface area contributed by atoms with Crippen LogP contribution in [-0.4, -0.2) is 4.92 Å². The average Bonchev–Trinajstić information content (AvgIpc) is 2.82. The Bertz CT molecular complexity index is 586. The summed E-state index contributed by atoms with van der Waals surface area (Å²) in [5.41, 5.74) is 1.05. The molecule has 0 spiro atoms. The van der Waals surface area contributed by atoms with Gasteiger partial charge in [-0.1, -0.05) is 12.1 Å². The van der Waals surface area contributed by atoms with Crippen molar-refractivity contribution >= 4 is 33.0 Å². The van der Waals surface area contributed by atoms with E-state index < -0.39 is 0 Å². The van der Waals surface area contributed by atoms with Crippen molar-refractivity contribution in [1.29, 1.82) is 0 Å². The normalized spacial score (nSPS) is 12.3. The quantitative estimate of drug-likeness (QED) is 0.653. The lowest BCUT2D eigenvalue weighted by molar-refractivity contribution is -0.384. The van der Waals surface area contributed by atoms with Crippen LogP contribution in [0.5, 0.6) is 0 Å². The molecule has 0 aliphatic heterocycles. The van der Waals surface area contributed by atoms with E-state index >= 15 is 0 Å². The fourth-order valence-corrected chi connectivity index (χ4v) is 3.13. The zero-order valence-corrected chi connectivity index (χ0v) is 12.7. The highest BCUT2D eigenvalue weighted by molar-refractivity contribution is 9.10. The Morgan fingerprint density at radius 2 is 2.26 bits per heavy atom. The number of hydrogen-bond acceptors (Lipinski definition) is 4. The van der Waals surface area contributed by atoms with Crippen molar-refractivity contribution in [3.8, 4) is 0 Å². The first kappa shape index (κ1) is 14.2. The van der Waals surface area contributed by atoms with Crippen molar-refractivity contribution in [3.05, 3.63) is 60.7 Å². The second kappa shape index (κ2) is 6.27. The number of hydrogen-bond donors (Lipinski definition) is 1. The van der Waals surface area contributed by atoms with Crippen LogP contribution in [0.4, 0.5) is 5.69 Å². The maximum Gasteiger partial charge on any atom is 0.269 e. The number of non-ortho nitro benzene ring substituents is 1. The van der Waals surface area contributed by atoms with Crippen molar-refractivity contribution in [2.24, 2.45) is 0 Å². The highest BCUT2D eigenvalue weighted by Crippen LogP contribution is 2.22. The van der Waals surface area contributed by atoms with Gasteiger partial charge >= 0.3 is 0 Å². The smallest absolute Gasteiger partial charge is 0.269 e. The molecule has 19 heavy (non-hydrogen) atoms. The molecular weight excluding hydrogens is 328 g/mol. The van der Waals surface area contributed by atoms with Gasteiger partial charge in [0.2, 0.25) is 0 Å². The second-order valence-corrected chi connectivity index (χ2v) is 6.10. The maximum atomic E-state index is 10.7. The molecule has 2 rings (SSSR count). The Morgan fingerprint density at radius 3 is 2.89 bits per heavy atom. The summed E-state index contributed by atoms with van der Waals surface area (Å²) in [5, 5.41) is 16.1. The number of thiophene rings is 1. The maximum absolute atomic E-state index is 10.7. The van der Waals surface area contributed by atoms with Crippen molar-refractivity contribution in [2.75, 3.05) is 0 Å². The Labute approximate surface area is 123 Å². The van der Waals surface area contributed by atoms with Gasteiger partial charge in [0.05, 0.1) is 4.92 Å². The SMILES string of the molecule is CC(NCc1cc(Br)cs1)c1cccc([N+](=O)[O-])c1. The van der Waals surface area contributed by atoms with Gasteiger partial charge in [-0.15, -0.1) is 11.3 Å². The molecule has 0 amide bonds. The first-order valence-corrected chi connectivity index (χ1v) is 7.44. The monoisotopic (exact) mass is 340 g/mol. The molecule has 0 saturated carbocycles. The molecule has 4 nitrogen and oxygen atoms in total. The van der Waals surface area contributed by atoms with Crippen LogP contribution in [0.1, 0.15) is 23.4 Å². The van der Waals surface area contributed by atoms with Crippen molar-refractivity contribution in [2.45, 2.75) is 19.5 Å². The summed E-state index contributed by atoms with van der Waals surface area (Å²) >= 11 is 5.09. The van der Waals surface area contributed by atoms with Gasteiger partial charge in [-0.3, -0.25) is 10.1 Å². The van der Waals surface area contributed by atoms with Gasteiger partial charge in [0.1, 0.15) is 0 Å². The van der Waals surface area contributed by atoms with Gasteiger partial charge in [-0.2, -0.15) is 0 Å². The molecule has 0 aliphatic rings. The van der Waals surface area contributed by atoms with Gasteiger partial charge in [0.25, 0.3) is 5.69 Å². The fraction of sp³-hybridized carbons (Fsp3) is 0.231. The van der Waals surface area contributed by atoms with Crippen LogP contribution >= 0.6 is 27.3 Å². The van der Waals surface area contributed by atoms with E-state index in [0.717, 1.165) is 16.6 Å². The lowest BCUT2D eigenvalue weighted by atomic mass is 10.1. The lowest BCUT2D eigenvalue weighted by Crippen LogP contribution is -2.17. The van der Waals surface area contributed by atoms with E-state index in [2.05, 4.69) is 27.3 Å². The summed E-state index contributed by atoms with van der Waals surface area (Å²) in [6, 6.07) is 8.87. The van der Waals surface area contributed by atoms with E-state index in [4.69, 9.17) is 0 Å². The van der Waals surface area contributed by atoms with E-state index in [1.54, 1.807) is 23.5 Å². The van der Waals surface area contributed by atoms with Gasteiger partial charge in [-0.05, 0) is 34.5 Å². The Hall–Kier alpha value is -1.24. The molecule has 2 aromatic rings. The summed E-state index contributed by atoms with van der Waals surface area (Å²) in [6.45, 7) is 2.75.